The van der Waals surface area contributed by atoms with E-state index in [1.54, 1.807) is 0 Å². The van der Waals surface area contributed by atoms with Gasteiger partial charge in [-0.25, -0.2) is 0 Å². The molecule has 0 aromatic rings. The van der Waals surface area contributed by atoms with Gasteiger partial charge in [-0.1, -0.05) is 19.0 Å². The summed E-state index contributed by atoms with van der Waals surface area (Å²) in [6.45, 7) is -3.54. The van der Waals surface area contributed by atoms with Gasteiger partial charge in [-0.05, 0) is 13.2 Å². The molecule has 0 aromatic heterocycles. The molecule has 30 valence electrons. The van der Waals surface area contributed by atoms with Crippen molar-refractivity contribution < 1.29 is 11.0 Å². The van der Waals surface area contributed by atoms with Gasteiger partial charge in [0.2, 0.25) is 0 Å². The molecule has 0 saturated carbocycles. The first-order valence-electron chi connectivity index (χ1n) is 5.31. The van der Waals surface area contributed by atoms with Crippen LogP contribution in [0.1, 0.15) is 31.1 Å². The van der Waals surface area contributed by atoms with E-state index in [4.69, 9.17) is 11.0 Å². The summed E-state index contributed by atoms with van der Waals surface area (Å²) >= 11 is 0. The zero-order chi connectivity index (χ0) is 10.9. The van der Waals surface area contributed by atoms with Crippen LogP contribution in [0.25, 0.3) is 0 Å². The summed E-state index contributed by atoms with van der Waals surface area (Å²) in [6.07, 6.45) is -2.36. The normalized spacial score (nSPS) is 42.4. The molecule has 0 aliphatic carbocycles. The summed E-state index contributed by atoms with van der Waals surface area (Å²) in [5, 5.41) is 0. The van der Waals surface area contributed by atoms with Crippen LogP contribution in [0.3, 0.4) is 0 Å². The van der Waals surface area contributed by atoms with Crippen molar-refractivity contribution in [2.24, 2.45) is 0 Å². The fraction of sp³-hybridized carbons (Fsp3) is 0.600. The Kier molecular flexibility index (Phi) is 0.360. The lowest BCUT2D eigenvalue weighted by molar-refractivity contribution is 1.22. The Morgan fingerprint density at radius 3 is 4.00 bits per heavy atom. The maximum absolute atomic E-state index is 7.07. The maximum atomic E-state index is 7.07. The van der Waals surface area contributed by atoms with Gasteiger partial charge >= 0.3 is 0 Å². The second-order valence-electron chi connectivity index (χ2n) is 0.427. The quantitative estimate of drug-likeness (QED) is 0.421. The molecule has 0 N–H and O–H groups in total. The molecule has 0 radical (unpaired) electrons. The third-order valence-corrected chi connectivity index (χ3v) is 0.151. The topological polar surface area (TPSA) is 0 Å². The fourth-order valence-corrected chi connectivity index (χ4v) is 0.0442. The minimum atomic E-state index is -2.78. The number of hydrogen-bond donors (Lipinski definition) is 0. The largest absolute Gasteiger partial charge is 0.0917 e. The molecule has 0 unspecified atom stereocenters. The third kappa shape index (κ3) is 3.74. The molecule has 0 atom stereocenters. The molecule has 0 heteroatoms. The van der Waals surface area contributed by atoms with E-state index in [0.717, 1.165) is 0 Å². The SMILES string of the molecule is [2H]CC([2H])([2H])/C([2H])=C(\[2H])C([2H])([2H])[2H]. The highest BCUT2D eigenvalue weighted by Crippen LogP contribution is 1.73. The standard InChI is InChI=1S/C5H10/c1-3-5-4-2/h3,5H,4H2,1-2H3/b5-3+/i1D3,2D,3D,4D2,5D. The number of hydrogen-bond acceptors (Lipinski definition) is 0. The first-order valence-corrected chi connectivity index (χ1v) is 1.10. The molecule has 0 spiro atoms. The molecule has 0 aromatic carbocycles. The highest BCUT2D eigenvalue weighted by Gasteiger charge is 1.52. The van der Waals surface area contributed by atoms with Crippen molar-refractivity contribution in [2.45, 2.75) is 20.1 Å². The molecule has 0 saturated heterocycles. The van der Waals surface area contributed by atoms with Crippen LogP contribution < -0.4 is 0 Å². The molecule has 0 bridgehead atoms. The third-order valence-electron chi connectivity index (χ3n) is 0.151. The molecule has 5 heavy (non-hydrogen) atoms. The van der Waals surface area contributed by atoms with Gasteiger partial charge in [0, 0.05) is 8.22 Å². The molecule has 0 nitrogen and oxygen atoms in total. The molecule has 0 heterocycles. The summed E-state index contributed by atoms with van der Waals surface area (Å²) < 4.78 is 55.2. The molecule has 0 amide bonds. The van der Waals surface area contributed by atoms with Crippen molar-refractivity contribution >= 4 is 0 Å². The molecular formula is C5H10. The van der Waals surface area contributed by atoms with Crippen LogP contribution >= 0.6 is 0 Å². The van der Waals surface area contributed by atoms with Crippen LogP contribution in [-0.2, 0) is 0 Å². The molecule has 0 rings (SSSR count). The summed E-state index contributed by atoms with van der Waals surface area (Å²) in [6, 6.07) is -1.98. The first kappa shape index (κ1) is 0.481. The van der Waals surface area contributed by atoms with E-state index in [9.17, 15) is 0 Å². The van der Waals surface area contributed by atoms with Crippen LogP contribution in [0.2, 0.25) is 0 Å². The van der Waals surface area contributed by atoms with Crippen molar-refractivity contribution in [3.05, 3.63) is 12.1 Å². The van der Waals surface area contributed by atoms with E-state index < -0.39 is 32.2 Å². The van der Waals surface area contributed by atoms with Gasteiger partial charge in [0.15, 0.2) is 0 Å². The maximum Gasteiger partial charge on any atom is 0.0572 e. The Labute approximate surface area is 44.7 Å². The lowest BCUT2D eigenvalue weighted by Gasteiger charge is -1.65. The smallest absolute Gasteiger partial charge is 0.0572 e. The Bertz CT molecular complexity index is 211. The average molecular weight is 78.2 g/mol. The summed E-state index contributed by atoms with van der Waals surface area (Å²) in [5.74, 6) is 0. The predicted molar refractivity (Wildman–Crippen MR) is 25.1 cm³/mol. The molecule has 0 aliphatic rings. The lowest BCUT2D eigenvalue weighted by atomic mass is 10.4. The van der Waals surface area contributed by atoms with Crippen LogP contribution in [-0.4, -0.2) is 0 Å². The highest BCUT2D eigenvalue weighted by molar-refractivity contribution is 4.73. The Morgan fingerprint density at radius 2 is 3.40 bits per heavy atom. The minimum Gasteiger partial charge on any atom is -0.0917 e. The zero-order valence-electron chi connectivity index (χ0n) is 10.7. The van der Waals surface area contributed by atoms with Crippen LogP contribution in [0.5, 0.6) is 0 Å². The number of rotatable bonds is 1. The molecular weight excluding hydrogens is 60.1 g/mol. The summed E-state index contributed by atoms with van der Waals surface area (Å²) in [5.41, 5.74) is 0. The van der Waals surface area contributed by atoms with Gasteiger partial charge in [0.1, 0.15) is 0 Å². The summed E-state index contributed by atoms with van der Waals surface area (Å²) in [7, 11) is 0. The van der Waals surface area contributed by atoms with E-state index in [2.05, 4.69) is 0 Å². The van der Waals surface area contributed by atoms with Crippen molar-refractivity contribution in [3.8, 4) is 0 Å². The van der Waals surface area contributed by atoms with Gasteiger partial charge in [0.05, 0.1) is 2.74 Å². The van der Waals surface area contributed by atoms with Crippen LogP contribution in [0, 0.1) is 0 Å². The molecule has 0 aliphatic heterocycles. The van der Waals surface area contributed by atoms with E-state index in [1.807, 2.05) is 0 Å². The van der Waals surface area contributed by atoms with Gasteiger partial charge < -0.3 is 0 Å². The Hall–Kier alpha value is -0.260. The Morgan fingerprint density at radius 1 is 2.40 bits per heavy atom. The van der Waals surface area contributed by atoms with Crippen molar-refractivity contribution in [1.82, 2.24) is 0 Å². The van der Waals surface area contributed by atoms with Gasteiger partial charge in [-0.15, -0.1) is 0 Å². The monoisotopic (exact) mass is 78.1 g/mol. The number of allylic oxidation sites excluding steroid dienone is 2. The fourth-order valence-electron chi connectivity index (χ4n) is 0.0442. The van der Waals surface area contributed by atoms with Gasteiger partial charge in [-0.2, -0.15) is 0 Å². The highest BCUT2D eigenvalue weighted by atomic mass is 13.6. The van der Waals surface area contributed by atoms with Crippen molar-refractivity contribution in [2.75, 3.05) is 0 Å². The van der Waals surface area contributed by atoms with Crippen LogP contribution in [0.4, 0.5) is 0 Å². The van der Waals surface area contributed by atoms with Crippen molar-refractivity contribution in [1.29, 1.82) is 0 Å². The van der Waals surface area contributed by atoms with Gasteiger partial charge in [-0.3, -0.25) is 0 Å². The van der Waals surface area contributed by atoms with E-state index in [1.165, 1.54) is 0 Å². The first-order chi connectivity index (χ1) is 5.63. The van der Waals surface area contributed by atoms with Gasteiger partial charge in [0.25, 0.3) is 0 Å². The average Bonchev–Trinajstić information content (AvgIpc) is 2.00. The van der Waals surface area contributed by atoms with E-state index in [0.29, 0.717) is 0 Å². The summed E-state index contributed by atoms with van der Waals surface area (Å²) in [4.78, 5) is 0. The second-order valence-corrected chi connectivity index (χ2v) is 0.427. The van der Waals surface area contributed by atoms with E-state index >= 15 is 0 Å². The second kappa shape index (κ2) is 3.74. The van der Waals surface area contributed by atoms with Crippen molar-refractivity contribution in [3.63, 3.8) is 0 Å². The zero-order valence-corrected chi connectivity index (χ0v) is 2.71. The predicted octanol–water partition coefficient (Wildman–Crippen LogP) is 1.97. The van der Waals surface area contributed by atoms with E-state index in [-0.39, 0.29) is 0 Å². The van der Waals surface area contributed by atoms with Crippen LogP contribution in [0.15, 0.2) is 12.1 Å². The lowest BCUT2D eigenvalue weighted by Crippen LogP contribution is -1.43. The Balaban J connectivity index is 5.04. The minimum absolute atomic E-state index is 0.760. The molecule has 0 fully saturated rings.